The van der Waals surface area contributed by atoms with Gasteiger partial charge in [0.05, 0.1) is 5.71 Å². The molecule has 8 nitrogen and oxygen atoms in total. The van der Waals surface area contributed by atoms with Gasteiger partial charge in [-0.25, -0.2) is 15.2 Å². The van der Waals surface area contributed by atoms with E-state index in [0.29, 0.717) is 17.5 Å². The van der Waals surface area contributed by atoms with Crippen LogP contribution >= 0.6 is 11.6 Å². The summed E-state index contributed by atoms with van der Waals surface area (Å²) in [5.41, 5.74) is 5.80. The van der Waals surface area contributed by atoms with Gasteiger partial charge in [0, 0.05) is 18.6 Å². The number of urea groups is 1. The third-order valence-corrected chi connectivity index (χ3v) is 5.68. The number of hydrogen-bond donors (Lipinski definition) is 2. The molecule has 0 radical (unpaired) electrons. The van der Waals surface area contributed by atoms with Crippen LogP contribution in [0.4, 0.5) is 4.79 Å². The highest BCUT2D eigenvalue weighted by Gasteiger charge is 2.48. The molecule has 160 valence electrons. The van der Waals surface area contributed by atoms with Crippen molar-refractivity contribution in [3.63, 3.8) is 0 Å². The monoisotopic (exact) mass is 438 g/mol. The Hall–Kier alpha value is -3.39. The summed E-state index contributed by atoms with van der Waals surface area (Å²) in [4.78, 5) is 32.6. The van der Waals surface area contributed by atoms with Crippen LogP contribution < -0.4 is 10.7 Å². The highest BCUT2D eigenvalue weighted by atomic mass is 35.5. The quantitative estimate of drug-likeness (QED) is 0.554. The lowest BCUT2D eigenvalue weighted by Gasteiger charge is -2.36. The summed E-state index contributed by atoms with van der Waals surface area (Å²) in [5.74, 6) is 0.0936. The number of hydrazone groups is 1. The number of rotatable bonds is 5. The van der Waals surface area contributed by atoms with E-state index in [2.05, 4.69) is 20.8 Å². The largest absolute Gasteiger partial charge is 0.325 e. The number of likely N-dealkylation sites (N-methyl/N-ethyl adjacent to an activating group) is 1. The number of fused-ring (bicyclic) bond motifs is 1. The van der Waals surface area contributed by atoms with Gasteiger partial charge in [0.2, 0.25) is 5.96 Å². The SMILES string of the molecule is C/C(=N\NC1=NC2C(C(=O)NC(=O)N2C)N1CCc1ccccc1)c1ccc(Cl)cc1. The highest BCUT2D eigenvalue weighted by Crippen LogP contribution is 2.23. The Morgan fingerprint density at radius 1 is 1.16 bits per heavy atom. The average Bonchev–Trinajstić information content (AvgIpc) is 3.15. The predicted octanol–water partition coefficient (Wildman–Crippen LogP) is 2.44. The Morgan fingerprint density at radius 2 is 1.87 bits per heavy atom. The van der Waals surface area contributed by atoms with Crippen molar-refractivity contribution in [3.8, 4) is 0 Å². The Balaban J connectivity index is 1.57. The molecular weight excluding hydrogens is 416 g/mol. The predicted molar refractivity (Wildman–Crippen MR) is 120 cm³/mol. The van der Waals surface area contributed by atoms with Gasteiger partial charge in [-0.1, -0.05) is 54.1 Å². The Bertz CT molecular complexity index is 1040. The molecule has 31 heavy (non-hydrogen) atoms. The highest BCUT2D eigenvalue weighted by molar-refractivity contribution is 6.30. The number of halogens is 1. The number of hydrogen-bond acceptors (Lipinski definition) is 6. The molecule has 2 atom stereocenters. The van der Waals surface area contributed by atoms with Crippen LogP contribution in [0, 0.1) is 0 Å². The minimum Gasteiger partial charge on any atom is -0.325 e. The summed E-state index contributed by atoms with van der Waals surface area (Å²) in [6.07, 6.45) is 0.112. The molecule has 2 aromatic rings. The lowest BCUT2D eigenvalue weighted by atomic mass is 10.1. The van der Waals surface area contributed by atoms with Gasteiger partial charge in [-0.05, 0) is 36.6 Å². The molecule has 2 heterocycles. The molecule has 0 spiro atoms. The molecule has 0 aromatic heterocycles. The van der Waals surface area contributed by atoms with E-state index in [4.69, 9.17) is 11.6 Å². The summed E-state index contributed by atoms with van der Waals surface area (Å²) in [6.45, 7) is 2.41. The Labute approximate surface area is 185 Å². The third-order valence-electron chi connectivity index (χ3n) is 5.43. The number of imide groups is 1. The second kappa shape index (κ2) is 8.77. The standard InChI is InChI=1S/C22H23ClN6O2/c1-14(16-8-10-17(23)11-9-16)26-27-21-24-19-18(20(30)25-22(31)28(19)2)29(21)13-12-15-6-4-3-5-7-15/h3-11,18-19H,12-13H2,1-2H3,(H,24,27)(H,25,30,31)/b26-14+. The van der Waals surface area contributed by atoms with Gasteiger partial charge in [-0.3, -0.25) is 10.1 Å². The summed E-state index contributed by atoms with van der Waals surface area (Å²) in [5, 5.41) is 7.51. The smallest absolute Gasteiger partial charge is 0.325 e. The van der Waals surface area contributed by atoms with Gasteiger partial charge in [-0.15, -0.1) is 0 Å². The first-order valence-electron chi connectivity index (χ1n) is 9.96. The van der Waals surface area contributed by atoms with Crippen molar-refractivity contribution in [3.05, 3.63) is 70.7 Å². The second-order valence-electron chi connectivity index (χ2n) is 7.46. The van der Waals surface area contributed by atoms with Gasteiger partial charge in [-0.2, -0.15) is 5.10 Å². The maximum Gasteiger partial charge on any atom is 0.325 e. The first-order valence-corrected chi connectivity index (χ1v) is 10.3. The second-order valence-corrected chi connectivity index (χ2v) is 7.90. The van der Waals surface area contributed by atoms with Gasteiger partial charge < -0.3 is 9.80 Å². The molecule has 4 rings (SSSR count). The van der Waals surface area contributed by atoms with Crippen molar-refractivity contribution in [2.24, 2.45) is 10.1 Å². The van der Waals surface area contributed by atoms with E-state index in [9.17, 15) is 9.59 Å². The minimum absolute atomic E-state index is 0.361. The van der Waals surface area contributed by atoms with Crippen LogP contribution in [0.1, 0.15) is 18.1 Å². The first-order chi connectivity index (χ1) is 14.9. The molecule has 2 aliphatic heterocycles. The molecule has 9 heteroatoms. The normalized spacial score (nSPS) is 21.0. The van der Waals surface area contributed by atoms with E-state index >= 15 is 0 Å². The number of nitrogens with one attached hydrogen (secondary N) is 2. The van der Waals surface area contributed by atoms with Gasteiger partial charge in [0.15, 0.2) is 12.2 Å². The zero-order chi connectivity index (χ0) is 22.0. The van der Waals surface area contributed by atoms with Gasteiger partial charge >= 0.3 is 6.03 Å². The molecule has 1 saturated heterocycles. The van der Waals surface area contributed by atoms with Gasteiger partial charge in [0.1, 0.15) is 0 Å². The van der Waals surface area contributed by atoms with Crippen LogP contribution in [0.15, 0.2) is 64.7 Å². The number of guanidine groups is 1. The molecule has 2 aromatic carbocycles. The molecule has 0 bridgehead atoms. The third kappa shape index (κ3) is 4.39. The van der Waals surface area contributed by atoms with E-state index in [1.165, 1.54) is 4.90 Å². The zero-order valence-electron chi connectivity index (χ0n) is 17.2. The minimum atomic E-state index is -0.611. The van der Waals surface area contributed by atoms with Crippen LogP contribution in [0.5, 0.6) is 0 Å². The topological polar surface area (TPSA) is 89.4 Å². The maximum absolute atomic E-state index is 12.6. The molecule has 3 amide bonds. The van der Waals surface area contributed by atoms with Crippen LogP contribution in [0.25, 0.3) is 0 Å². The summed E-state index contributed by atoms with van der Waals surface area (Å²) >= 11 is 5.96. The number of carbonyl (C=O) groups is 2. The van der Waals surface area contributed by atoms with Crippen molar-refractivity contribution in [1.82, 2.24) is 20.5 Å². The summed E-state index contributed by atoms with van der Waals surface area (Å²) in [7, 11) is 1.63. The molecule has 2 N–H and O–H groups in total. The zero-order valence-corrected chi connectivity index (χ0v) is 18.0. The van der Waals surface area contributed by atoms with Crippen molar-refractivity contribution in [2.45, 2.75) is 25.6 Å². The van der Waals surface area contributed by atoms with E-state index in [0.717, 1.165) is 23.3 Å². The fraction of sp³-hybridized carbons (Fsp3) is 0.273. The number of nitrogens with zero attached hydrogens (tertiary/aromatic N) is 4. The first kappa shape index (κ1) is 20.9. The molecule has 2 unspecified atom stereocenters. The fourth-order valence-electron chi connectivity index (χ4n) is 3.65. The van der Waals surface area contributed by atoms with E-state index < -0.39 is 18.2 Å². The lowest BCUT2D eigenvalue weighted by Crippen LogP contribution is -2.64. The van der Waals surface area contributed by atoms with Crippen molar-refractivity contribution in [2.75, 3.05) is 13.6 Å². The van der Waals surface area contributed by atoms with Crippen molar-refractivity contribution in [1.29, 1.82) is 0 Å². The number of benzene rings is 2. The maximum atomic E-state index is 12.6. The van der Waals surface area contributed by atoms with Gasteiger partial charge in [0.25, 0.3) is 5.91 Å². The molecule has 2 aliphatic rings. The lowest BCUT2D eigenvalue weighted by molar-refractivity contribution is -0.127. The van der Waals surface area contributed by atoms with Crippen LogP contribution in [0.2, 0.25) is 5.02 Å². The number of carbonyl (C=O) groups excluding carboxylic acids is 2. The van der Waals surface area contributed by atoms with E-state index in [1.807, 2.05) is 54.3 Å². The average molecular weight is 439 g/mol. The number of aliphatic imine (C=N–C) groups is 1. The molecule has 0 aliphatic carbocycles. The van der Waals surface area contributed by atoms with Crippen LogP contribution in [0.3, 0.4) is 0 Å². The molecule has 0 saturated carbocycles. The summed E-state index contributed by atoms with van der Waals surface area (Å²) < 4.78 is 0. The van der Waals surface area contributed by atoms with E-state index in [-0.39, 0.29) is 5.91 Å². The van der Waals surface area contributed by atoms with Crippen molar-refractivity contribution < 1.29 is 9.59 Å². The number of amides is 3. The Kier molecular flexibility index (Phi) is 5.90. The van der Waals surface area contributed by atoms with Crippen molar-refractivity contribution >= 4 is 35.2 Å². The van der Waals surface area contributed by atoms with E-state index in [1.54, 1.807) is 19.2 Å². The molecular formula is C22H23ClN6O2. The molecule has 1 fully saturated rings. The Morgan fingerprint density at radius 3 is 2.58 bits per heavy atom. The summed E-state index contributed by atoms with van der Waals surface area (Å²) in [6, 6.07) is 16.3. The fourth-order valence-corrected chi connectivity index (χ4v) is 3.77. The van der Waals surface area contributed by atoms with Crippen LogP contribution in [-0.2, 0) is 11.2 Å². The van der Waals surface area contributed by atoms with Crippen LogP contribution in [-0.4, -0.2) is 59.2 Å².